The molecule has 0 atom stereocenters. The van der Waals surface area contributed by atoms with E-state index in [0.29, 0.717) is 4.47 Å². The summed E-state index contributed by atoms with van der Waals surface area (Å²) in [5.41, 5.74) is 5.04. The Morgan fingerprint density at radius 1 is 1.62 bits per heavy atom. The number of nitrogens with one attached hydrogen (secondary N) is 1. The van der Waals surface area contributed by atoms with Crippen molar-refractivity contribution < 1.29 is 14.4 Å². The first-order chi connectivity index (χ1) is 7.56. The molecule has 1 aromatic rings. The van der Waals surface area contributed by atoms with Gasteiger partial charge in [0.1, 0.15) is 5.82 Å². The number of carbonyl (C=O) groups is 1. The van der Waals surface area contributed by atoms with Crippen LogP contribution in [-0.2, 0) is 0 Å². The van der Waals surface area contributed by atoms with Crippen LogP contribution < -0.4 is 11.1 Å². The Morgan fingerprint density at radius 3 is 2.88 bits per heavy atom. The third kappa shape index (κ3) is 2.93. The van der Waals surface area contributed by atoms with E-state index in [-0.39, 0.29) is 17.9 Å². The predicted octanol–water partition coefficient (Wildman–Crippen LogP) is 1.06. The Balaban J connectivity index is 2.81. The highest BCUT2D eigenvalue weighted by molar-refractivity contribution is 9.10. The molecule has 1 rings (SSSR count). The number of hydrogen-bond acceptors (Lipinski definition) is 3. The van der Waals surface area contributed by atoms with Gasteiger partial charge in [-0.25, -0.2) is 4.39 Å². The molecule has 0 aliphatic rings. The SMILES string of the molecule is N/C(CNC(=O)c1c(F)cccc1Br)=N/O. The molecular formula is C9H9BrFN3O2. The molecule has 0 radical (unpaired) electrons. The van der Waals surface area contributed by atoms with E-state index >= 15 is 0 Å². The zero-order valence-electron chi connectivity index (χ0n) is 8.08. The molecule has 0 spiro atoms. The highest BCUT2D eigenvalue weighted by Gasteiger charge is 2.14. The second kappa shape index (κ2) is 5.45. The first-order valence-corrected chi connectivity index (χ1v) is 5.04. The highest BCUT2D eigenvalue weighted by atomic mass is 79.9. The van der Waals surface area contributed by atoms with Gasteiger partial charge in [0.25, 0.3) is 5.91 Å². The summed E-state index contributed by atoms with van der Waals surface area (Å²) in [6.07, 6.45) is 0. The fraction of sp³-hybridized carbons (Fsp3) is 0.111. The molecule has 7 heteroatoms. The van der Waals surface area contributed by atoms with Crippen molar-refractivity contribution >= 4 is 27.7 Å². The van der Waals surface area contributed by atoms with Crippen molar-refractivity contribution in [1.29, 1.82) is 0 Å². The summed E-state index contributed by atoms with van der Waals surface area (Å²) in [7, 11) is 0. The lowest BCUT2D eigenvalue weighted by atomic mass is 10.2. The van der Waals surface area contributed by atoms with Crippen molar-refractivity contribution in [3.05, 3.63) is 34.1 Å². The van der Waals surface area contributed by atoms with Crippen LogP contribution in [-0.4, -0.2) is 23.5 Å². The molecular weight excluding hydrogens is 281 g/mol. The number of amidine groups is 1. The van der Waals surface area contributed by atoms with Crippen LogP contribution in [0.4, 0.5) is 4.39 Å². The average Bonchev–Trinajstić information content (AvgIpc) is 2.25. The summed E-state index contributed by atoms with van der Waals surface area (Å²) in [6, 6.07) is 4.18. The molecule has 0 aliphatic carbocycles. The van der Waals surface area contributed by atoms with Gasteiger partial charge >= 0.3 is 0 Å². The van der Waals surface area contributed by atoms with Crippen molar-refractivity contribution in [2.24, 2.45) is 10.9 Å². The molecule has 16 heavy (non-hydrogen) atoms. The number of carbonyl (C=O) groups excluding carboxylic acids is 1. The number of hydrogen-bond donors (Lipinski definition) is 3. The molecule has 0 aliphatic heterocycles. The van der Waals surface area contributed by atoms with Gasteiger partial charge in [0, 0.05) is 4.47 Å². The number of amides is 1. The third-order valence-corrected chi connectivity index (χ3v) is 2.41. The summed E-state index contributed by atoms with van der Waals surface area (Å²) >= 11 is 3.06. The topological polar surface area (TPSA) is 87.7 Å². The fourth-order valence-corrected chi connectivity index (χ4v) is 1.53. The van der Waals surface area contributed by atoms with Crippen LogP contribution in [0.2, 0.25) is 0 Å². The van der Waals surface area contributed by atoms with Crippen molar-refractivity contribution in [1.82, 2.24) is 5.32 Å². The minimum atomic E-state index is -0.647. The van der Waals surface area contributed by atoms with E-state index in [1.54, 1.807) is 6.07 Å². The lowest BCUT2D eigenvalue weighted by Gasteiger charge is -2.06. The average molecular weight is 290 g/mol. The quantitative estimate of drug-likeness (QED) is 0.337. The predicted molar refractivity (Wildman–Crippen MR) is 59.8 cm³/mol. The summed E-state index contributed by atoms with van der Waals surface area (Å²) in [6.45, 7) is -0.157. The zero-order chi connectivity index (χ0) is 12.1. The first-order valence-electron chi connectivity index (χ1n) is 4.25. The van der Waals surface area contributed by atoms with Gasteiger partial charge in [-0.1, -0.05) is 11.2 Å². The third-order valence-electron chi connectivity index (χ3n) is 1.75. The van der Waals surface area contributed by atoms with Crippen molar-refractivity contribution in [2.45, 2.75) is 0 Å². The normalized spacial score (nSPS) is 11.2. The Kier molecular flexibility index (Phi) is 4.24. The van der Waals surface area contributed by atoms with Gasteiger partial charge in [0.2, 0.25) is 0 Å². The van der Waals surface area contributed by atoms with Crippen LogP contribution >= 0.6 is 15.9 Å². The Labute approximate surface area is 99.3 Å². The van der Waals surface area contributed by atoms with E-state index in [9.17, 15) is 9.18 Å². The molecule has 4 N–H and O–H groups in total. The second-order valence-electron chi connectivity index (χ2n) is 2.87. The van der Waals surface area contributed by atoms with Crippen LogP contribution in [0, 0.1) is 5.82 Å². The summed E-state index contributed by atoms with van der Waals surface area (Å²) < 4.78 is 13.6. The standard InChI is InChI=1S/C9H9BrFN3O2/c10-5-2-1-3-6(11)8(5)9(15)13-4-7(12)14-16/h1-3,16H,4H2,(H2,12,14)(H,13,15). The monoisotopic (exact) mass is 289 g/mol. The van der Waals surface area contributed by atoms with Crippen LogP contribution in [0.15, 0.2) is 27.8 Å². The van der Waals surface area contributed by atoms with Crippen LogP contribution in [0.25, 0.3) is 0 Å². The van der Waals surface area contributed by atoms with Gasteiger partial charge in [-0.05, 0) is 28.1 Å². The lowest BCUT2D eigenvalue weighted by molar-refractivity contribution is 0.0954. The number of rotatable bonds is 3. The molecule has 5 nitrogen and oxygen atoms in total. The molecule has 0 unspecified atom stereocenters. The number of nitrogens with zero attached hydrogens (tertiary/aromatic N) is 1. The minimum absolute atomic E-state index is 0.117. The van der Waals surface area contributed by atoms with Gasteiger partial charge in [0.05, 0.1) is 12.1 Å². The molecule has 0 aromatic heterocycles. The van der Waals surface area contributed by atoms with Gasteiger partial charge in [-0.2, -0.15) is 0 Å². The Morgan fingerprint density at radius 2 is 2.31 bits per heavy atom. The lowest BCUT2D eigenvalue weighted by Crippen LogP contribution is -2.34. The maximum absolute atomic E-state index is 13.3. The maximum Gasteiger partial charge on any atom is 0.255 e. The smallest absolute Gasteiger partial charge is 0.255 e. The Bertz CT molecular complexity index is 417. The van der Waals surface area contributed by atoms with E-state index in [2.05, 4.69) is 26.4 Å². The molecule has 0 saturated carbocycles. The number of nitrogens with two attached hydrogens (primary N) is 1. The molecule has 0 fully saturated rings. The van der Waals surface area contributed by atoms with E-state index in [0.717, 1.165) is 0 Å². The van der Waals surface area contributed by atoms with E-state index < -0.39 is 11.7 Å². The molecule has 1 aromatic carbocycles. The summed E-state index contributed by atoms with van der Waals surface area (Å²) in [5, 5.41) is 13.2. The van der Waals surface area contributed by atoms with Crippen LogP contribution in [0.3, 0.4) is 0 Å². The van der Waals surface area contributed by atoms with Crippen molar-refractivity contribution in [2.75, 3.05) is 6.54 Å². The number of oxime groups is 1. The first kappa shape index (κ1) is 12.4. The van der Waals surface area contributed by atoms with Gasteiger partial charge in [-0.3, -0.25) is 4.79 Å². The number of benzene rings is 1. The van der Waals surface area contributed by atoms with Crippen molar-refractivity contribution in [3.8, 4) is 0 Å². The van der Waals surface area contributed by atoms with E-state index in [1.807, 2.05) is 0 Å². The van der Waals surface area contributed by atoms with Crippen LogP contribution in [0.5, 0.6) is 0 Å². The molecule has 86 valence electrons. The van der Waals surface area contributed by atoms with Crippen molar-refractivity contribution in [3.63, 3.8) is 0 Å². The fourth-order valence-electron chi connectivity index (χ4n) is 1.01. The number of halogens is 2. The molecule has 1 amide bonds. The zero-order valence-corrected chi connectivity index (χ0v) is 9.66. The van der Waals surface area contributed by atoms with Gasteiger partial charge in [-0.15, -0.1) is 0 Å². The molecule has 0 heterocycles. The minimum Gasteiger partial charge on any atom is -0.409 e. The Hall–Kier alpha value is -1.63. The second-order valence-corrected chi connectivity index (χ2v) is 3.73. The molecule has 0 bridgehead atoms. The van der Waals surface area contributed by atoms with Gasteiger partial charge in [0.15, 0.2) is 5.84 Å². The molecule has 0 saturated heterocycles. The van der Waals surface area contributed by atoms with Crippen LogP contribution in [0.1, 0.15) is 10.4 Å². The van der Waals surface area contributed by atoms with E-state index in [1.165, 1.54) is 12.1 Å². The van der Waals surface area contributed by atoms with Gasteiger partial charge < -0.3 is 16.3 Å². The largest absolute Gasteiger partial charge is 0.409 e. The highest BCUT2D eigenvalue weighted by Crippen LogP contribution is 2.19. The summed E-state index contributed by atoms with van der Waals surface area (Å²) in [4.78, 5) is 11.5. The van der Waals surface area contributed by atoms with E-state index in [4.69, 9.17) is 10.9 Å². The maximum atomic E-state index is 13.3. The summed E-state index contributed by atoms with van der Waals surface area (Å²) in [5.74, 6) is -1.45.